The van der Waals surface area contributed by atoms with Gasteiger partial charge in [0, 0.05) is 38.1 Å². The van der Waals surface area contributed by atoms with Crippen LogP contribution in [0.5, 0.6) is 5.75 Å². The number of rotatable bonds is 2. The van der Waals surface area contributed by atoms with Crippen LogP contribution in [-0.2, 0) is 4.74 Å². The number of aliphatic hydroxyl groups excluding tert-OH is 1. The minimum Gasteiger partial charge on any atom is -0.489 e. The van der Waals surface area contributed by atoms with Gasteiger partial charge in [-0.1, -0.05) is 0 Å². The van der Waals surface area contributed by atoms with Gasteiger partial charge in [-0.3, -0.25) is 4.90 Å². The van der Waals surface area contributed by atoms with E-state index in [4.69, 9.17) is 9.47 Å². The van der Waals surface area contributed by atoms with Crippen molar-refractivity contribution in [3.63, 3.8) is 0 Å². The first kappa shape index (κ1) is 16.3. The van der Waals surface area contributed by atoms with Crippen LogP contribution in [0.1, 0.15) is 12.8 Å². The molecule has 2 fully saturated rings. The van der Waals surface area contributed by atoms with Crippen molar-refractivity contribution < 1.29 is 32.5 Å². The van der Waals surface area contributed by atoms with Gasteiger partial charge in [-0.2, -0.15) is 0 Å². The highest BCUT2D eigenvalue weighted by atomic mass is 19.3. The van der Waals surface area contributed by atoms with E-state index in [0.29, 0.717) is 5.75 Å². The molecular weight excluding hydrogens is 341 g/mol. The van der Waals surface area contributed by atoms with E-state index < -0.39 is 30.0 Å². The molecule has 0 bridgehead atoms. The van der Waals surface area contributed by atoms with Crippen LogP contribution in [0.15, 0.2) is 12.1 Å². The number of anilines is 2. The number of carbonyl (C=O) groups is 1. The Balaban J connectivity index is 1.64. The average Bonchev–Trinajstić information content (AvgIpc) is 2.91. The van der Waals surface area contributed by atoms with Crippen molar-refractivity contribution in [2.45, 2.75) is 30.9 Å². The molecule has 25 heavy (non-hydrogen) atoms. The molecule has 1 N–H and O–H groups in total. The molecule has 4 rings (SSSR count). The van der Waals surface area contributed by atoms with Crippen molar-refractivity contribution in [3.05, 3.63) is 17.9 Å². The molecule has 0 radical (unpaired) electrons. The van der Waals surface area contributed by atoms with Gasteiger partial charge in [0.2, 0.25) is 0 Å². The molecule has 9 heteroatoms. The average molecular weight is 358 g/mol. The normalized spacial score (nSPS) is 27.4. The van der Waals surface area contributed by atoms with Crippen molar-refractivity contribution in [3.8, 4) is 5.75 Å². The number of carbonyl (C=O) groups excluding carboxylic acids is 1. The van der Waals surface area contributed by atoms with Crippen molar-refractivity contribution in [1.82, 2.24) is 0 Å². The molecule has 2 atom stereocenters. The number of hydrogen-bond acceptors (Lipinski definition) is 5. The van der Waals surface area contributed by atoms with Crippen molar-refractivity contribution in [2.75, 3.05) is 36.1 Å². The standard InChI is InChI=1S/C16H17F3N2O4/c17-9-5-11-13(6-10(9)20-3-1-16(18,19)2-4-20)24-8-12-14(7-22)25-15(23)21(11)12/h5-6,12,14,22H,1-4,7-8H2/t12-,14-/m0/s1. The third kappa shape index (κ3) is 2.66. The van der Waals surface area contributed by atoms with Gasteiger partial charge in [-0.25, -0.2) is 18.0 Å². The SMILES string of the molecule is O=C1O[C@@H](CO)[C@@H]2COc3cc(N4CCC(F)(F)CC4)c(F)cc3N12. The monoisotopic (exact) mass is 358 g/mol. The van der Waals surface area contributed by atoms with Gasteiger partial charge < -0.3 is 19.5 Å². The van der Waals surface area contributed by atoms with E-state index in [2.05, 4.69) is 0 Å². The molecule has 0 spiro atoms. The van der Waals surface area contributed by atoms with Crippen molar-refractivity contribution in [2.24, 2.45) is 0 Å². The summed E-state index contributed by atoms with van der Waals surface area (Å²) in [5.74, 6) is -3.04. The molecule has 6 nitrogen and oxygen atoms in total. The lowest BCUT2D eigenvalue weighted by molar-refractivity contribution is -0.0221. The maximum absolute atomic E-state index is 14.6. The Bertz CT molecular complexity index is 705. The molecule has 2 saturated heterocycles. The summed E-state index contributed by atoms with van der Waals surface area (Å²) in [6.07, 6.45) is -2.06. The van der Waals surface area contributed by atoms with Gasteiger partial charge in [-0.15, -0.1) is 0 Å². The second-order valence-corrected chi connectivity index (χ2v) is 6.47. The van der Waals surface area contributed by atoms with E-state index in [1.807, 2.05) is 0 Å². The van der Waals surface area contributed by atoms with Crippen molar-refractivity contribution in [1.29, 1.82) is 0 Å². The Morgan fingerprint density at radius 2 is 1.96 bits per heavy atom. The molecule has 136 valence electrons. The fourth-order valence-corrected chi connectivity index (χ4v) is 3.51. The van der Waals surface area contributed by atoms with Gasteiger partial charge in [-0.05, 0) is 0 Å². The largest absolute Gasteiger partial charge is 0.489 e. The predicted octanol–water partition coefficient (Wildman–Crippen LogP) is 2.14. The number of halogens is 3. The maximum atomic E-state index is 14.6. The number of aliphatic hydroxyl groups is 1. The lowest BCUT2D eigenvalue weighted by Gasteiger charge is -2.35. The van der Waals surface area contributed by atoms with Crippen LogP contribution in [0.2, 0.25) is 0 Å². The number of benzene rings is 1. The lowest BCUT2D eigenvalue weighted by atomic mass is 10.0. The van der Waals surface area contributed by atoms with Gasteiger partial charge >= 0.3 is 6.09 Å². The summed E-state index contributed by atoms with van der Waals surface area (Å²) in [6, 6.07) is 2.07. The molecule has 0 aromatic heterocycles. The number of fused-ring (bicyclic) bond motifs is 3. The second kappa shape index (κ2) is 5.69. The topological polar surface area (TPSA) is 62.2 Å². The number of hydrogen-bond donors (Lipinski definition) is 1. The minimum absolute atomic E-state index is 0.0453. The number of amides is 1. The zero-order valence-electron chi connectivity index (χ0n) is 13.3. The summed E-state index contributed by atoms with van der Waals surface area (Å²) >= 11 is 0. The Hall–Kier alpha value is -2.16. The maximum Gasteiger partial charge on any atom is 0.415 e. The molecule has 1 aromatic rings. The van der Waals surface area contributed by atoms with Gasteiger partial charge in [0.25, 0.3) is 5.92 Å². The highest BCUT2D eigenvalue weighted by Crippen LogP contribution is 2.43. The van der Waals surface area contributed by atoms with Crippen LogP contribution in [0.4, 0.5) is 29.3 Å². The van der Waals surface area contributed by atoms with E-state index in [-0.39, 0.29) is 50.5 Å². The smallest absolute Gasteiger partial charge is 0.415 e. The molecule has 3 aliphatic heterocycles. The zero-order chi connectivity index (χ0) is 17.8. The molecule has 3 aliphatic rings. The first-order valence-electron chi connectivity index (χ1n) is 8.09. The predicted molar refractivity (Wildman–Crippen MR) is 81.9 cm³/mol. The van der Waals surface area contributed by atoms with Crippen LogP contribution in [0, 0.1) is 5.82 Å². The molecule has 0 aliphatic carbocycles. The number of piperidine rings is 1. The van der Waals surface area contributed by atoms with Gasteiger partial charge in [0.05, 0.1) is 18.0 Å². The number of alkyl halides is 2. The van der Waals surface area contributed by atoms with Crippen LogP contribution in [0.3, 0.4) is 0 Å². The summed E-state index contributed by atoms with van der Waals surface area (Å²) in [4.78, 5) is 14.9. The van der Waals surface area contributed by atoms with Crippen LogP contribution < -0.4 is 14.5 Å². The summed E-state index contributed by atoms with van der Waals surface area (Å²) < 4.78 is 51.9. The zero-order valence-corrected chi connectivity index (χ0v) is 13.3. The molecular formula is C16H17F3N2O4. The third-order valence-electron chi connectivity index (χ3n) is 4.92. The van der Waals surface area contributed by atoms with Crippen LogP contribution in [0.25, 0.3) is 0 Å². The van der Waals surface area contributed by atoms with E-state index in [1.165, 1.54) is 11.0 Å². The summed E-state index contributed by atoms with van der Waals surface area (Å²) in [7, 11) is 0. The lowest BCUT2D eigenvalue weighted by Crippen LogP contribution is -2.45. The Labute approximate surface area is 141 Å². The Morgan fingerprint density at radius 3 is 2.64 bits per heavy atom. The van der Waals surface area contributed by atoms with E-state index >= 15 is 0 Å². The van der Waals surface area contributed by atoms with E-state index in [0.717, 1.165) is 6.07 Å². The van der Waals surface area contributed by atoms with Crippen LogP contribution >= 0.6 is 0 Å². The van der Waals surface area contributed by atoms with E-state index in [9.17, 15) is 23.1 Å². The summed E-state index contributed by atoms with van der Waals surface area (Å²) in [6.45, 7) is -0.158. The Kier molecular flexibility index (Phi) is 3.71. The highest BCUT2D eigenvalue weighted by molar-refractivity contribution is 5.93. The first-order valence-corrected chi connectivity index (χ1v) is 8.09. The summed E-state index contributed by atoms with van der Waals surface area (Å²) in [5.41, 5.74) is 0.403. The summed E-state index contributed by atoms with van der Waals surface area (Å²) in [5, 5.41) is 9.28. The first-order chi connectivity index (χ1) is 11.9. The quantitative estimate of drug-likeness (QED) is 0.878. The van der Waals surface area contributed by atoms with Gasteiger partial charge in [0.1, 0.15) is 24.2 Å². The van der Waals surface area contributed by atoms with Crippen molar-refractivity contribution >= 4 is 17.5 Å². The van der Waals surface area contributed by atoms with Crippen LogP contribution in [-0.4, -0.2) is 55.6 Å². The second-order valence-electron chi connectivity index (χ2n) is 6.47. The molecule has 3 heterocycles. The molecule has 1 amide bonds. The van der Waals surface area contributed by atoms with E-state index in [1.54, 1.807) is 4.90 Å². The minimum atomic E-state index is -2.72. The molecule has 0 unspecified atom stereocenters. The molecule has 0 saturated carbocycles. The van der Waals surface area contributed by atoms with Gasteiger partial charge in [0.15, 0.2) is 6.10 Å². The fourth-order valence-electron chi connectivity index (χ4n) is 3.51. The number of cyclic esters (lactones) is 1. The number of ether oxygens (including phenoxy) is 2. The third-order valence-corrected chi connectivity index (χ3v) is 4.92. The fraction of sp³-hybridized carbons (Fsp3) is 0.562. The molecule has 1 aromatic carbocycles. The number of nitrogens with zero attached hydrogens (tertiary/aromatic N) is 2. The highest BCUT2D eigenvalue weighted by Gasteiger charge is 2.47. The Morgan fingerprint density at radius 1 is 1.24 bits per heavy atom.